The fourth-order valence-electron chi connectivity index (χ4n) is 8.18. The van der Waals surface area contributed by atoms with Gasteiger partial charge in [-0.2, -0.15) is 0 Å². The van der Waals surface area contributed by atoms with E-state index < -0.39 is 0 Å². The number of hydrogen-bond acceptors (Lipinski definition) is 4. The lowest BCUT2D eigenvalue weighted by Gasteiger charge is -2.41. The van der Waals surface area contributed by atoms with Crippen LogP contribution in [0.5, 0.6) is 11.5 Å². The van der Waals surface area contributed by atoms with E-state index in [0.717, 1.165) is 73.7 Å². The minimum Gasteiger partial charge on any atom is -0.458 e. The molecule has 0 amide bonds. The van der Waals surface area contributed by atoms with Crippen LogP contribution in [0, 0.1) is 6.92 Å². The van der Waals surface area contributed by atoms with Gasteiger partial charge in [-0.1, -0.05) is 109 Å². The van der Waals surface area contributed by atoms with E-state index in [2.05, 4.69) is 222 Å². The van der Waals surface area contributed by atoms with Gasteiger partial charge in [0.15, 0.2) is 0 Å². The van der Waals surface area contributed by atoms with E-state index in [-0.39, 0.29) is 6.71 Å². The van der Waals surface area contributed by atoms with Gasteiger partial charge < -0.3 is 19.4 Å². The third-order valence-electron chi connectivity index (χ3n) is 10.6. The molecule has 0 N–H and O–H groups in total. The lowest BCUT2D eigenvalue weighted by Crippen LogP contribution is -2.59. The quantitative estimate of drug-likeness (QED) is 0.155. The summed E-state index contributed by atoms with van der Waals surface area (Å²) in [4.78, 5) is 7.05. The predicted octanol–water partition coefficient (Wildman–Crippen LogP) is 11.3. The van der Waals surface area contributed by atoms with Crippen LogP contribution in [0.25, 0.3) is 0 Å². The average Bonchev–Trinajstić information content (AvgIpc) is 3.24. The van der Waals surface area contributed by atoms with E-state index in [4.69, 9.17) is 4.74 Å². The second-order valence-electron chi connectivity index (χ2n) is 13.8. The first-order chi connectivity index (χ1) is 26.7. The summed E-state index contributed by atoms with van der Waals surface area (Å²) in [5, 5.41) is 0. The molecule has 2 aliphatic rings. The first kappa shape index (κ1) is 31.7. The van der Waals surface area contributed by atoms with Crippen molar-refractivity contribution in [1.29, 1.82) is 0 Å². The van der Waals surface area contributed by atoms with E-state index in [1.54, 1.807) is 0 Å². The molecule has 0 fully saturated rings. The fourth-order valence-corrected chi connectivity index (χ4v) is 8.18. The fraction of sp³-hybridized carbons (Fsp3) is 0.0204. The van der Waals surface area contributed by atoms with Gasteiger partial charge in [-0.3, -0.25) is 0 Å². The maximum atomic E-state index is 7.03. The van der Waals surface area contributed by atoms with E-state index >= 15 is 0 Å². The highest BCUT2D eigenvalue weighted by Gasteiger charge is 2.42. The molecule has 0 radical (unpaired) electrons. The summed E-state index contributed by atoms with van der Waals surface area (Å²) in [6, 6.07) is 71.2. The summed E-state index contributed by atoms with van der Waals surface area (Å²) in [5.41, 5.74) is 14.6. The van der Waals surface area contributed by atoms with Crippen LogP contribution in [0.15, 0.2) is 200 Å². The predicted molar refractivity (Wildman–Crippen MR) is 226 cm³/mol. The number of nitrogens with zero attached hydrogens (tertiary/aromatic N) is 3. The van der Waals surface area contributed by atoms with Gasteiger partial charge in [0, 0.05) is 57.3 Å². The summed E-state index contributed by atoms with van der Waals surface area (Å²) in [6.07, 6.45) is 0. The molecule has 256 valence electrons. The Kier molecular flexibility index (Phi) is 7.77. The Hall–Kier alpha value is -6.98. The van der Waals surface area contributed by atoms with E-state index in [1.165, 1.54) is 10.9 Å². The molecular weight excluding hydrogens is 657 g/mol. The monoisotopic (exact) mass is 693 g/mol. The van der Waals surface area contributed by atoms with Gasteiger partial charge in [0.05, 0.1) is 0 Å². The minimum absolute atomic E-state index is 0.0273. The highest BCUT2D eigenvalue weighted by molar-refractivity contribution is 6.99. The molecule has 0 aromatic heterocycles. The van der Waals surface area contributed by atoms with Gasteiger partial charge in [0.1, 0.15) is 11.5 Å². The topological polar surface area (TPSA) is 19.0 Å². The molecule has 0 saturated carbocycles. The number of aryl methyl sites for hydroxylation is 1. The van der Waals surface area contributed by atoms with E-state index in [0.29, 0.717) is 0 Å². The normalized spacial score (nSPS) is 12.2. The Balaban J connectivity index is 1.18. The molecule has 2 heterocycles. The lowest BCUT2D eigenvalue weighted by atomic mass is 9.34. The highest BCUT2D eigenvalue weighted by atomic mass is 16.5. The summed E-state index contributed by atoms with van der Waals surface area (Å²) in [6.45, 7) is 2.13. The molecule has 0 unspecified atom stereocenters. The summed E-state index contributed by atoms with van der Waals surface area (Å²) in [7, 11) is 0. The van der Waals surface area contributed by atoms with Crippen LogP contribution in [0.4, 0.5) is 51.2 Å². The Bertz CT molecular complexity index is 2520. The van der Waals surface area contributed by atoms with Crippen LogP contribution < -0.4 is 35.8 Å². The van der Waals surface area contributed by atoms with Gasteiger partial charge >= 0.3 is 0 Å². The van der Waals surface area contributed by atoms with Crippen molar-refractivity contribution in [3.8, 4) is 11.5 Å². The van der Waals surface area contributed by atoms with Gasteiger partial charge in [-0.25, -0.2) is 0 Å². The molecule has 2 aliphatic heterocycles. The Morgan fingerprint density at radius 2 is 0.889 bits per heavy atom. The van der Waals surface area contributed by atoms with Gasteiger partial charge in [0.25, 0.3) is 6.71 Å². The maximum Gasteiger partial charge on any atom is 0.256 e. The van der Waals surface area contributed by atoms with Gasteiger partial charge in [-0.15, -0.1) is 0 Å². The number of fused-ring (bicyclic) bond motifs is 4. The highest BCUT2D eigenvalue weighted by Crippen LogP contribution is 2.45. The summed E-state index contributed by atoms with van der Waals surface area (Å²) >= 11 is 0. The number of hydrogen-bond donors (Lipinski definition) is 0. The van der Waals surface area contributed by atoms with Crippen LogP contribution >= 0.6 is 0 Å². The number of anilines is 9. The molecule has 54 heavy (non-hydrogen) atoms. The number of rotatable bonds is 7. The maximum absolute atomic E-state index is 7.03. The van der Waals surface area contributed by atoms with E-state index in [9.17, 15) is 0 Å². The van der Waals surface area contributed by atoms with Crippen LogP contribution in [0.2, 0.25) is 0 Å². The molecule has 0 spiro atoms. The molecule has 0 aliphatic carbocycles. The Labute approximate surface area is 316 Å². The molecule has 10 rings (SSSR count). The van der Waals surface area contributed by atoms with Crippen molar-refractivity contribution >= 4 is 74.3 Å². The first-order valence-corrected chi connectivity index (χ1v) is 18.5. The smallest absolute Gasteiger partial charge is 0.256 e. The van der Waals surface area contributed by atoms with E-state index in [1.807, 2.05) is 0 Å². The number of benzene rings is 8. The van der Waals surface area contributed by atoms with Crippen LogP contribution in [-0.4, -0.2) is 6.71 Å². The lowest BCUT2D eigenvalue weighted by molar-refractivity contribution is 0.484. The van der Waals surface area contributed by atoms with Crippen molar-refractivity contribution in [3.63, 3.8) is 0 Å². The van der Waals surface area contributed by atoms with Gasteiger partial charge in [-0.05, 0) is 114 Å². The van der Waals surface area contributed by atoms with Crippen molar-refractivity contribution in [2.75, 3.05) is 14.7 Å². The number of para-hydroxylation sites is 5. The molecule has 0 bridgehead atoms. The van der Waals surface area contributed by atoms with Crippen LogP contribution in [0.1, 0.15) is 5.56 Å². The largest absolute Gasteiger partial charge is 0.458 e. The molecule has 4 nitrogen and oxygen atoms in total. The second-order valence-corrected chi connectivity index (χ2v) is 13.8. The Morgan fingerprint density at radius 3 is 1.41 bits per heavy atom. The first-order valence-electron chi connectivity index (χ1n) is 18.5. The minimum atomic E-state index is -0.0273. The third-order valence-corrected chi connectivity index (χ3v) is 10.6. The molecule has 0 atom stereocenters. The standard InChI is InChI=1S/C49H36BN3O/c1-35-27-32-45-48-49(35)54-47-34-42(52(38-21-11-4-12-22-38)39-23-13-5-14-24-39)29-31-44(47)50(48)43-30-28-41(33-46(43)53(45)40-25-15-6-16-26-40)51(36-17-7-2-8-18-36)37-19-9-3-10-20-37/h2-34H,1H3. The SMILES string of the molecule is Cc1ccc2c3c1Oc1cc(N(c4ccccc4)c4ccccc4)ccc1B3c1ccc(N(c3ccccc3)c3ccccc3)cc1N2c1ccccc1. The third kappa shape index (κ3) is 5.32. The van der Waals surface area contributed by atoms with Crippen molar-refractivity contribution in [1.82, 2.24) is 0 Å². The molecular formula is C49H36BN3O. The molecule has 5 heteroatoms. The van der Waals surface area contributed by atoms with Crippen molar-refractivity contribution < 1.29 is 4.74 Å². The zero-order valence-electron chi connectivity index (χ0n) is 29.9. The van der Waals surface area contributed by atoms with Crippen molar-refractivity contribution in [2.24, 2.45) is 0 Å². The zero-order chi connectivity index (χ0) is 36.0. The molecule has 0 saturated heterocycles. The van der Waals surface area contributed by atoms with Crippen molar-refractivity contribution in [2.45, 2.75) is 6.92 Å². The average molecular weight is 694 g/mol. The van der Waals surface area contributed by atoms with Crippen molar-refractivity contribution in [3.05, 3.63) is 206 Å². The zero-order valence-corrected chi connectivity index (χ0v) is 29.9. The number of ether oxygens (including phenoxy) is 1. The molecule has 8 aromatic carbocycles. The van der Waals surface area contributed by atoms with Crippen LogP contribution in [0.3, 0.4) is 0 Å². The second kappa shape index (κ2) is 13.2. The Morgan fingerprint density at radius 1 is 0.426 bits per heavy atom. The molecule has 8 aromatic rings. The van der Waals surface area contributed by atoms with Gasteiger partial charge in [0.2, 0.25) is 0 Å². The summed E-state index contributed by atoms with van der Waals surface area (Å²) < 4.78 is 7.03. The van der Waals surface area contributed by atoms with Crippen LogP contribution in [-0.2, 0) is 0 Å². The summed E-state index contributed by atoms with van der Waals surface area (Å²) in [5.74, 6) is 1.81.